The predicted octanol–water partition coefficient (Wildman–Crippen LogP) is 5.23. The molecule has 0 radical (unpaired) electrons. The topological polar surface area (TPSA) is 92.3 Å². The van der Waals surface area contributed by atoms with E-state index in [2.05, 4.69) is 21.5 Å². The number of aryl methyl sites for hydroxylation is 1. The summed E-state index contributed by atoms with van der Waals surface area (Å²) in [6.07, 6.45) is 3.54. The summed E-state index contributed by atoms with van der Waals surface area (Å²) in [6.45, 7) is 0.513. The molecule has 33 heavy (non-hydrogen) atoms. The Balaban J connectivity index is 1.66. The van der Waals surface area contributed by atoms with E-state index in [0.29, 0.717) is 40.0 Å². The summed E-state index contributed by atoms with van der Waals surface area (Å²) >= 11 is 6.53. The van der Waals surface area contributed by atoms with E-state index in [1.54, 1.807) is 16.9 Å². The monoisotopic (exact) mass is 451 g/mol. The largest absolute Gasteiger partial charge is 0.364 e. The molecule has 2 aromatic carbocycles. The van der Waals surface area contributed by atoms with Gasteiger partial charge in [0, 0.05) is 36.9 Å². The summed E-state index contributed by atoms with van der Waals surface area (Å²) in [5.74, 6) is 0.402. The standard InChI is InChI=1S/C25H18ClN7/c1-33-11-9-20(32-33)24-23(18-12-17-8-5-10-28-22(17)19(26)13-18)30-21(14-27)25(31-24)29-15-16-6-3-2-4-7-16/h2-13H,15H2,1H3,(H,29,31). The smallest absolute Gasteiger partial charge is 0.183 e. The number of halogens is 1. The van der Waals surface area contributed by atoms with E-state index in [1.807, 2.05) is 67.8 Å². The van der Waals surface area contributed by atoms with Crippen LogP contribution in [0.5, 0.6) is 0 Å². The fraction of sp³-hybridized carbons (Fsp3) is 0.0800. The highest BCUT2D eigenvalue weighted by Crippen LogP contribution is 2.34. The number of anilines is 1. The Morgan fingerprint density at radius 3 is 2.64 bits per heavy atom. The lowest BCUT2D eigenvalue weighted by Crippen LogP contribution is -2.08. The van der Waals surface area contributed by atoms with Crippen LogP contribution in [0.2, 0.25) is 5.02 Å². The van der Waals surface area contributed by atoms with Gasteiger partial charge >= 0.3 is 0 Å². The van der Waals surface area contributed by atoms with Gasteiger partial charge in [-0.1, -0.05) is 48.0 Å². The van der Waals surface area contributed by atoms with Gasteiger partial charge in [0.25, 0.3) is 0 Å². The number of hydrogen-bond acceptors (Lipinski definition) is 6. The van der Waals surface area contributed by atoms with Crippen LogP contribution in [0.3, 0.4) is 0 Å². The predicted molar refractivity (Wildman–Crippen MR) is 128 cm³/mol. The summed E-state index contributed by atoms with van der Waals surface area (Å²) in [4.78, 5) is 13.8. The average Bonchev–Trinajstić information content (AvgIpc) is 3.29. The lowest BCUT2D eigenvalue weighted by Gasteiger charge is -2.13. The molecule has 7 nitrogen and oxygen atoms in total. The average molecular weight is 452 g/mol. The van der Waals surface area contributed by atoms with E-state index in [9.17, 15) is 5.26 Å². The molecule has 5 aromatic rings. The Morgan fingerprint density at radius 2 is 1.88 bits per heavy atom. The third-order valence-electron chi connectivity index (χ3n) is 5.19. The van der Waals surface area contributed by atoms with Crippen molar-refractivity contribution in [2.75, 3.05) is 5.32 Å². The van der Waals surface area contributed by atoms with Crippen LogP contribution in [0.1, 0.15) is 11.3 Å². The Bertz CT molecular complexity index is 1500. The molecule has 8 heteroatoms. The summed E-state index contributed by atoms with van der Waals surface area (Å²) in [7, 11) is 1.84. The lowest BCUT2D eigenvalue weighted by molar-refractivity contribution is 0.770. The maximum Gasteiger partial charge on any atom is 0.183 e. The molecule has 0 saturated carbocycles. The van der Waals surface area contributed by atoms with Crippen LogP contribution in [0.15, 0.2) is 73.1 Å². The first-order valence-electron chi connectivity index (χ1n) is 10.3. The number of pyridine rings is 1. The Labute approximate surface area is 195 Å². The lowest BCUT2D eigenvalue weighted by atomic mass is 10.0. The summed E-state index contributed by atoms with van der Waals surface area (Å²) in [6, 6.07) is 21.5. The zero-order valence-electron chi connectivity index (χ0n) is 17.7. The summed E-state index contributed by atoms with van der Waals surface area (Å²) in [5, 5.41) is 19.0. The number of nitrogens with one attached hydrogen (secondary N) is 1. The normalized spacial score (nSPS) is 10.8. The van der Waals surface area contributed by atoms with E-state index in [0.717, 1.165) is 16.5 Å². The van der Waals surface area contributed by atoms with Crippen LogP contribution in [-0.4, -0.2) is 24.7 Å². The Morgan fingerprint density at radius 1 is 1.03 bits per heavy atom. The maximum atomic E-state index is 9.83. The molecule has 0 aliphatic rings. The second-order valence-corrected chi connectivity index (χ2v) is 7.88. The molecule has 0 bridgehead atoms. The quantitative estimate of drug-likeness (QED) is 0.393. The van der Waals surface area contributed by atoms with Crippen LogP contribution < -0.4 is 5.32 Å². The highest BCUT2D eigenvalue weighted by Gasteiger charge is 2.19. The molecule has 0 spiro atoms. The Hall–Kier alpha value is -4.28. The highest BCUT2D eigenvalue weighted by molar-refractivity contribution is 6.35. The highest BCUT2D eigenvalue weighted by atomic mass is 35.5. The van der Waals surface area contributed by atoms with Gasteiger partial charge in [0.15, 0.2) is 11.5 Å². The zero-order chi connectivity index (χ0) is 22.8. The second kappa shape index (κ2) is 8.69. The van der Waals surface area contributed by atoms with Gasteiger partial charge in [0.05, 0.1) is 10.5 Å². The number of nitriles is 1. The number of hydrogen-bond donors (Lipinski definition) is 1. The van der Waals surface area contributed by atoms with E-state index in [4.69, 9.17) is 21.6 Å². The van der Waals surface area contributed by atoms with Crippen LogP contribution in [0.4, 0.5) is 5.82 Å². The molecule has 0 saturated heterocycles. The van der Waals surface area contributed by atoms with Crippen molar-refractivity contribution in [3.8, 4) is 28.7 Å². The molecule has 0 aliphatic carbocycles. The van der Waals surface area contributed by atoms with Crippen molar-refractivity contribution in [1.82, 2.24) is 24.7 Å². The van der Waals surface area contributed by atoms with Crippen molar-refractivity contribution in [3.05, 3.63) is 89.3 Å². The molecule has 3 heterocycles. The van der Waals surface area contributed by atoms with E-state index < -0.39 is 0 Å². The van der Waals surface area contributed by atoms with Gasteiger partial charge in [-0.15, -0.1) is 0 Å². The molecule has 3 aromatic heterocycles. The third kappa shape index (κ3) is 4.12. The molecule has 5 rings (SSSR count). The van der Waals surface area contributed by atoms with Crippen molar-refractivity contribution >= 4 is 28.3 Å². The van der Waals surface area contributed by atoms with Crippen molar-refractivity contribution < 1.29 is 0 Å². The second-order valence-electron chi connectivity index (χ2n) is 7.48. The molecular formula is C25H18ClN7. The first-order chi connectivity index (χ1) is 16.1. The Kier molecular flexibility index (Phi) is 5.43. The van der Waals surface area contributed by atoms with E-state index in [-0.39, 0.29) is 5.69 Å². The van der Waals surface area contributed by atoms with Crippen molar-refractivity contribution in [3.63, 3.8) is 0 Å². The molecule has 1 N–H and O–H groups in total. The minimum Gasteiger partial charge on any atom is -0.364 e. The van der Waals surface area contributed by atoms with E-state index >= 15 is 0 Å². The maximum absolute atomic E-state index is 9.83. The van der Waals surface area contributed by atoms with Gasteiger partial charge < -0.3 is 5.32 Å². The van der Waals surface area contributed by atoms with E-state index in [1.165, 1.54) is 0 Å². The van der Waals surface area contributed by atoms with Gasteiger partial charge in [-0.05, 0) is 29.8 Å². The van der Waals surface area contributed by atoms with Crippen LogP contribution in [-0.2, 0) is 13.6 Å². The van der Waals surface area contributed by atoms with Crippen LogP contribution in [0, 0.1) is 11.3 Å². The van der Waals surface area contributed by atoms with Crippen LogP contribution in [0.25, 0.3) is 33.5 Å². The van der Waals surface area contributed by atoms with Gasteiger partial charge in [0.1, 0.15) is 23.2 Å². The first kappa shape index (κ1) is 20.6. The molecule has 0 fully saturated rings. The van der Waals surface area contributed by atoms with Crippen molar-refractivity contribution in [2.45, 2.75) is 6.54 Å². The molecule has 0 atom stereocenters. The van der Waals surface area contributed by atoms with Crippen LogP contribution >= 0.6 is 11.6 Å². The number of rotatable bonds is 5. The number of nitrogens with zero attached hydrogens (tertiary/aromatic N) is 6. The molecule has 0 unspecified atom stereocenters. The fourth-order valence-corrected chi connectivity index (χ4v) is 3.90. The minimum atomic E-state index is 0.197. The summed E-state index contributed by atoms with van der Waals surface area (Å²) < 4.78 is 1.70. The molecule has 0 amide bonds. The van der Waals surface area contributed by atoms with Gasteiger partial charge in [0.2, 0.25) is 0 Å². The molecule has 0 aliphatic heterocycles. The number of benzene rings is 2. The summed E-state index contributed by atoms with van der Waals surface area (Å²) in [5.41, 5.74) is 4.45. The number of aromatic nitrogens is 5. The zero-order valence-corrected chi connectivity index (χ0v) is 18.5. The van der Waals surface area contributed by atoms with Crippen molar-refractivity contribution in [1.29, 1.82) is 5.26 Å². The van der Waals surface area contributed by atoms with Gasteiger partial charge in [-0.25, -0.2) is 9.97 Å². The molecular weight excluding hydrogens is 434 g/mol. The van der Waals surface area contributed by atoms with Crippen molar-refractivity contribution in [2.24, 2.45) is 7.05 Å². The third-order valence-corrected chi connectivity index (χ3v) is 5.48. The molecule has 160 valence electrons. The van der Waals surface area contributed by atoms with Gasteiger partial charge in [-0.3, -0.25) is 9.67 Å². The number of fused-ring (bicyclic) bond motifs is 1. The first-order valence-corrected chi connectivity index (χ1v) is 10.6. The SMILES string of the molecule is Cn1ccc(-c2nc(NCc3ccccc3)c(C#N)nc2-c2cc(Cl)c3ncccc3c2)n1. The fourth-order valence-electron chi connectivity index (χ4n) is 3.62. The van der Waals surface area contributed by atoms with Gasteiger partial charge in [-0.2, -0.15) is 10.4 Å². The minimum absolute atomic E-state index is 0.197.